The Hall–Kier alpha value is -1.75. The average molecular weight is 267 g/mol. The maximum absolute atomic E-state index is 13.0. The number of rotatable bonds is 3. The molecule has 2 nitrogen and oxygen atoms in total. The molecule has 0 spiro atoms. The Morgan fingerprint density at radius 1 is 1.06 bits per heavy atom. The fourth-order valence-electron chi connectivity index (χ4n) is 1.59. The van der Waals surface area contributed by atoms with Crippen molar-refractivity contribution in [2.75, 3.05) is 5.73 Å². The lowest BCUT2D eigenvalue weighted by molar-refractivity contribution is 0.581. The molecular formula is C13H11F2NOS. The van der Waals surface area contributed by atoms with Gasteiger partial charge in [0, 0.05) is 16.6 Å². The van der Waals surface area contributed by atoms with Crippen LogP contribution in [0.2, 0.25) is 0 Å². The number of hydrogen-bond acceptors (Lipinski definition) is 2. The molecule has 18 heavy (non-hydrogen) atoms. The summed E-state index contributed by atoms with van der Waals surface area (Å²) in [5, 5.41) is 0. The van der Waals surface area contributed by atoms with Crippen molar-refractivity contribution in [2.24, 2.45) is 0 Å². The minimum Gasteiger partial charge on any atom is -0.399 e. The predicted octanol–water partition coefficient (Wildman–Crippen LogP) is 2.85. The molecule has 2 rings (SSSR count). The van der Waals surface area contributed by atoms with Gasteiger partial charge in [0.05, 0.1) is 16.6 Å². The van der Waals surface area contributed by atoms with E-state index in [1.54, 1.807) is 24.3 Å². The molecule has 94 valence electrons. The van der Waals surface area contributed by atoms with Crippen LogP contribution in [0.25, 0.3) is 0 Å². The Bertz CT molecular complexity index is 581. The highest BCUT2D eigenvalue weighted by molar-refractivity contribution is 7.84. The molecule has 0 aliphatic heterocycles. The molecular weight excluding hydrogens is 256 g/mol. The van der Waals surface area contributed by atoms with Crippen LogP contribution in [-0.2, 0) is 16.6 Å². The molecule has 0 amide bonds. The zero-order valence-corrected chi connectivity index (χ0v) is 10.2. The van der Waals surface area contributed by atoms with Crippen molar-refractivity contribution in [2.45, 2.75) is 10.6 Å². The minimum atomic E-state index is -1.37. The van der Waals surface area contributed by atoms with Crippen molar-refractivity contribution >= 4 is 16.5 Å². The maximum atomic E-state index is 13.0. The normalized spacial score (nSPS) is 12.3. The van der Waals surface area contributed by atoms with Gasteiger partial charge < -0.3 is 5.73 Å². The first-order chi connectivity index (χ1) is 8.54. The largest absolute Gasteiger partial charge is 0.399 e. The van der Waals surface area contributed by atoms with E-state index in [-0.39, 0.29) is 5.75 Å². The molecule has 5 heteroatoms. The van der Waals surface area contributed by atoms with Gasteiger partial charge in [0.1, 0.15) is 11.6 Å². The van der Waals surface area contributed by atoms with Crippen LogP contribution < -0.4 is 5.73 Å². The summed E-state index contributed by atoms with van der Waals surface area (Å²) < 4.78 is 38.0. The van der Waals surface area contributed by atoms with Crippen LogP contribution in [-0.4, -0.2) is 4.21 Å². The van der Waals surface area contributed by atoms with E-state index in [1.165, 1.54) is 12.1 Å². The molecule has 2 N–H and O–H groups in total. The van der Waals surface area contributed by atoms with Gasteiger partial charge in [0.2, 0.25) is 0 Å². The number of anilines is 1. The van der Waals surface area contributed by atoms with Crippen molar-refractivity contribution in [3.05, 3.63) is 59.7 Å². The van der Waals surface area contributed by atoms with E-state index in [0.717, 1.165) is 6.07 Å². The summed E-state index contributed by atoms with van der Waals surface area (Å²) in [6, 6.07) is 9.76. The summed E-state index contributed by atoms with van der Waals surface area (Å²) >= 11 is 0. The van der Waals surface area contributed by atoms with Gasteiger partial charge in [-0.25, -0.2) is 8.78 Å². The topological polar surface area (TPSA) is 43.1 Å². The zero-order chi connectivity index (χ0) is 13.1. The van der Waals surface area contributed by atoms with Gasteiger partial charge in [-0.2, -0.15) is 0 Å². The van der Waals surface area contributed by atoms with Crippen molar-refractivity contribution < 1.29 is 13.0 Å². The molecule has 0 fully saturated rings. The lowest BCUT2D eigenvalue weighted by Gasteiger charge is -2.04. The Labute approximate surface area is 106 Å². The first-order valence-corrected chi connectivity index (χ1v) is 6.55. The summed E-state index contributed by atoms with van der Waals surface area (Å²) in [5.74, 6) is -1.29. The van der Waals surface area contributed by atoms with Crippen LogP contribution in [0.3, 0.4) is 0 Å². The Morgan fingerprint density at radius 2 is 1.72 bits per heavy atom. The van der Waals surface area contributed by atoms with Crippen molar-refractivity contribution in [1.82, 2.24) is 0 Å². The highest BCUT2D eigenvalue weighted by atomic mass is 32.2. The van der Waals surface area contributed by atoms with E-state index < -0.39 is 22.4 Å². The molecule has 0 radical (unpaired) electrons. The summed E-state index contributed by atoms with van der Waals surface area (Å²) in [7, 11) is -1.37. The smallest absolute Gasteiger partial charge is 0.126 e. The second-order valence-electron chi connectivity index (χ2n) is 3.84. The first kappa shape index (κ1) is 12.7. The molecule has 0 aliphatic rings. The molecule has 0 aliphatic carbocycles. The quantitative estimate of drug-likeness (QED) is 0.869. The molecule has 0 saturated carbocycles. The zero-order valence-electron chi connectivity index (χ0n) is 9.40. The lowest BCUT2D eigenvalue weighted by Crippen LogP contribution is -1.98. The Kier molecular flexibility index (Phi) is 3.72. The lowest BCUT2D eigenvalue weighted by atomic mass is 10.2. The highest BCUT2D eigenvalue weighted by Crippen LogP contribution is 2.16. The van der Waals surface area contributed by atoms with E-state index >= 15 is 0 Å². The molecule has 2 aromatic carbocycles. The monoisotopic (exact) mass is 267 g/mol. The molecule has 0 aromatic heterocycles. The number of benzene rings is 2. The molecule has 0 bridgehead atoms. The first-order valence-electron chi connectivity index (χ1n) is 5.23. The van der Waals surface area contributed by atoms with Crippen molar-refractivity contribution in [3.8, 4) is 0 Å². The molecule has 1 unspecified atom stereocenters. The van der Waals surface area contributed by atoms with E-state index in [0.29, 0.717) is 16.1 Å². The minimum absolute atomic E-state index is 0.0537. The fourth-order valence-corrected chi connectivity index (χ4v) is 2.72. The van der Waals surface area contributed by atoms with Gasteiger partial charge >= 0.3 is 0 Å². The van der Waals surface area contributed by atoms with Crippen molar-refractivity contribution in [3.63, 3.8) is 0 Å². The second kappa shape index (κ2) is 5.27. The van der Waals surface area contributed by atoms with Crippen LogP contribution >= 0.6 is 0 Å². The number of hydrogen-bond donors (Lipinski definition) is 1. The van der Waals surface area contributed by atoms with Crippen LogP contribution in [0.1, 0.15) is 5.56 Å². The molecule has 0 heterocycles. The van der Waals surface area contributed by atoms with Crippen molar-refractivity contribution in [1.29, 1.82) is 0 Å². The van der Waals surface area contributed by atoms with Crippen LogP contribution in [0.4, 0.5) is 14.5 Å². The van der Waals surface area contributed by atoms with E-state index in [1.807, 2.05) is 0 Å². The van der Waals surface area contributed by atoms with Crippen LogP contribution in [0.5, 0.6) is 0 Å². The number of nitrogen functional groups attached to an aromatic ring is 1. The fraction of sp³-hybridized carbons (Fsp3) is 0.0769. The Balaban J connectivity index is 2.21. The third-order valence-corrected chi connectivity index (χ3v) is 3.72. The standard InChI is InChI=1S/C13H11F2NOS/c14-10-4-9(5-11(15)6-10)8-18(17)13-3-1-2-12(16)7-13/h1-7H,8,16H2. The van der Waals surface area contributed by atoms with Gasteiger partial charge in [0.25, 0.3) is 0 Å². The predicted molar refractivity (Wildman–Crippen MR) is 67.3 cm³/mol. The van der Waals surface area contributed by atoms with Crippen LogP contribution in [0, 0.1) is 11.6 Å². The van der Waals surface area contributed by atoms with Gasteiger partial charge in [0.15, 0.2) is 0 Å². The van der Waals surface area contributed by atoms with E-state index in [2.05, 4.69) is 0 Å². The summed E-state index contributed by atoms with van der Waals surface area (Å²) in [5.41, 5.74) is 6.44. The van der Waals surface area contributed by atoms with Gasteiger partial charge in [-0.05, 0) is 35.9 Å². The third-order valence-electron chi connectivity index (χ3n) is 2.34. The third kappa shape index (κ3) is 3.13. The van der Waals surface area contributed by atoms with Gasteiger partial charge in [-0.1, -0.05) is 6.07 Å². The average Bonchev–Trinajstić information content (AvgIpc) is 2.27. The van der Waals surface area contributed by atoms with E-state index in [4.69, 9.17) is 5.73 Å². The summed E-state index contributed by atoms with van der Waals surface area (Å²) in [6.45, 7) is 0. The van der Waals surface area contributed by atoms with E-state index in [9.17, 15) is 13.0 Å². The Morgan fingerprint density at radius 3 is 2.33 bits per heavy atom. The van der Waals surface area contributed by atoms with Gasteiger partial charge in [-0.15, -0.1) is 0 Å². The maximum Gasteiger partial charge on any atom is 0.126 e. The number of nitrogens with two attached hydrogens (primary N) is 1. The number of halogens is 2. The summed E-state index contributed by atoms with van der Waals surface area (Å²) in [4.78, 5) is 0.541. The SMILES string of the molecule is Nc1cccc(S(=O)Cc2cc(F)cc(F)c2)c1. The van der Waals surface area contributed by atoms with Gasteiger partial charge in [-0.3, -0.25) is 4.21 Å². The molecule has 0 saturated heterocycles. The molecule has 1 atom stereocenters. The second-order valence-corrected chi connectivity index (χ2v) is 5.29. The van der Waals surface area contributed by atoms with Crippen LogP contribution in [0.15, 0.2) is 47.4 Å². The highest BCUT2D eigenvalue weighted by Gasteiger charge is 2.08. The summed E-state index contributed by atoms with van der Waals surface area (Å²) in [6.07, 6.45) is 0. The molecule has 2 aromatic rings.